The van der Waals surface area contributed by atoms with Gasteiger partial charge in [-0.3, -0.25) is 14.9 Å². The molecule has 1 atom stereocenters. The molecule has 0 radical (unpaired) electrons. The van der Waals surface area contributed by atoms with E-state index in [4.69, 9.17) is 4.74 Å². The van der Waals surface area contributed by atoms with Crippen molar-refractivity contribution < 1.29 is 14.5 Å². The van der Waals surface area contributed by atoms with Crippen molar-refractivity contribution in [1.82, 2.24) is 4.90 Å². The number of hydrogen-bond acceptors (Lipinski definition) is 5. The highest BCUT2D eigenvalue weighted by Crippen LogP contribution is 2.26. The Morgan fingerprint density at radius 2 is 2.15 bits per heavy atom. The Bertz CT molecular complexity index is 502. The van der Waals surface area contributed by atoms with Crippen molar-refractivity contribution in [1.29, 1.82) is 0 Å². The van der Waals surface area contributed by atoms with Crippen LogP contribution in [0.1, 0.15) is 17.3 Å². The van der Waals surface area contributed by atoms with E-state index in [-0.39, 0.29) is 17.7 Å². The summed E-state index contributed by atoms with van der Waals surface area (Å²) in [5.74, 6) is -0.206. The first-order valence-corrected chi connectivity index (χ1v) is 6.13. The Balaban J connectivity index is 3.06. The van der Waals surface area contributed by atoms with Gasteiger partial charge in [-0.15, -0.1) is 0 Å². The maximum Gasteiger partial charge on any atom is 0.292 e. The Morgan fingerprint density at radius 3 is 2.65 bits per heavy atom. The van der Waals surface area contributed by atoms with Crippen LogP contribution in [0.3, 0.4) is 0 Å². The quantitative estimate of drug-likeness (QED) is 0.634. The lowest BCUT2D eigenvalue weighted by Crippen LogP contribution is -2.22. The average Bonchev–Trinajstić information content (AvgIpc) is 2.43. The van der Waals surface area contributed by atoms with E-state index >= 15 is 0 Å². The summed E-state index contributed by atoms with van der Waals surface area (Å²) < 4.78 is 5.08. The predicted molar refractivity (Wildman–Crippen MR) is 76.1 cm³/mol. The van der Waals surface area contributed by atoms with Crippen LogP contribution < -0.4 is 5.32 Å². The molecule has 7 nitrogen and oxygen atoms in total. The van der Waals surface area contributed by atoms with Gasteiger partial charge in [-0.2, -0.15) is 0 Å². The number of methoxy groups -OCH3 is 1. The molecule has 1 amide bonds. The minimum absolute atomic E-state index is 0.0661. The van der Waals surface area contributed by atoms with Crippen LogP contribution in [0.5, 0.6) is 0 Å². The van der Waals surface area contributed by atoms with E-state index in [1.165, 1.54) is 23.1 Å². The van der Waals surface area contributed by atoms with Gasteiger partial charge in [0.25, 0.3) is 11.6 Å². The largest absolute Gasteiger partial charge is 0.380 e. The molecule has 0 saturated carbocycles. The molecule has 0 heterocycles. The molecular weight excluding hydrogens is 262 g/mol. The summed E-state index contributed by atoms with van der Waals surface area (Å²) in [5.41, 5.74) is 0.642. The molecule has 1 N–H and O–H groups in total. The fourth-order valence-electron chi connectivity index (χ4n) is 1.57. The minimum atomic E-state index is -0.482. The van der Waals surface area contributed by atoms with Crippen LogP contribution in [0.25, 0.3) is 0 Å². The van der Waals surface area contributed by atoms with E-state index in [0.717, 1.165) is 0 Å². The fourth-order valence-corrected chi connectivity index (χ4v) is 1.57. The van der Waals surface area contributed by atoms with Gasteiger partial charge in [-0.25, -0.2) is 0 Å². The van der Waals surface area contributed by atoms with Gasteiger partial charge in [0.1, 0.15) is 5.69 Å². The third-order valence-electron chi connectivity index (χ3n) is 2.83. The monoisotopic (exact) mass is 281 g/mol. The number of nitro groups is 1. The lowest BCUT2D eigenvalue weighted by molar-refractivity contribution is -0.384. The zero-order chi connectivity index (χ0) is 15.3. The van der Waals surface area contributed by atoms with Crippen LogP contribution in [0.4, 0.5) is 11.4 Å². The normalized spacial score (nSPS) is 11.8. The summed E-state index contributed by atoms with van der Waals surface area (Å²) in [7, 11) is 4.82. The van der Waals surface area contributed by atoms with E-state index in [2.05, 4.69) is 5.32 Å². The highest BCUT2D eigenvalue weighted by Gasteiger charge is 2.18. The van der Waals surface area contributed by atoms with Gasteiger partial charge < -0.3 is 15.0 Å². The molecular formula is C13H19N3O4. The van der Waals surface area contributed by atoms with Crippen LogP contribution in [-0.2, 0) is 4.74 Å². The van der Waals surface area contributed by atoms with Crippen LogP contribution in [-0.4, -0.2) is 49.6 Å². The third-order valence-corrected chi connectivity index (χ3v) is 2.83. The number of ether oxygens (including phenoxy) is 1. The lowest BCUT2D eigenvalue weighted by atomic mass is 10.1. The molecule has 0 spiro atoms. The Morgan fingerprint density at radius 1 is 1.50 bits per heavy atom. The Labute approximate surface area is 117 Å². The fraction of sp³-hybridized carbons (Fsp3) is 0.462. The number of carbonyl (C=O) groups excluding carboxylic acids is 1. The molecule has 110 valence electrons. The SMILES string of the molecule is COC(C)CNc1cc(C(=O)N(C)C)ccc1[N+](=O)[O-]. The number of nitrogens with zero attached hydrogens (tertiary/aromatic N) is 2. The molecule has 0 aliphatic rings. The number of benzene rings is 1. The van der Waals surface area contributed by atoms with Crippen molar-refractivity contribution in [2.75, 3.05) is 33.1 Å². The van der Waals surface area contributed by atoms with Gasteiger partial charge in [0.15, 0.2) is 0 Å². The van der Waals surface area contributed by atoms with E-state index in [1.807, 2.05) is 6.92 Å². The number of hydrogen-bond donors (Lipinski definition) is 1. The molecule has 0 saturated heterocycles. The molecule has 0 bridgehead atoms. The van der Waals surface area contributed by atoms with Crippen molar-refractivity contribution >= 4 is 17.3 Å². The second-order valence-corrected chi connectivity index (χ2v) is 4.62. The summed E-state index contributed by atoms with van der Waals surface area (Å²) in [6.45, 7) is 2.25. The maximum absolute atomic E-state index is 11.9. The van der Waals surface area contributed by atoms with E-state index < -0.39 is 4.92 Å². The molecule has 0 aliphatic heterocycles. The molecule has 0 aliphatic carbocycles. The summed E-state index contributed by atoms with van der Waals surface area (Å²) in [6.07, 6.45) is -0.0946. The van der Waals surface area contributed by atoms with Gasteiger partial charge in [0, 0.05) is 39.4 Å². The van der Waals surface area contributed by atoms with Crippen LogP contribution in [0.15, 0.2) is 18.2 Å². The van der Waals surface area contributed by atoms with E-state index in [0.29, 0.717) is 17.8 Å². The second-order valence-electron chi connectivity index (χ2n) is 4.62. The summed E-state index contributed by atoms with van der Waals surface area (Å²) in [5, 5.41) is 13.9. The van der Waals surface area contributed by atoms with Crippen molar-refractivity contribution in [2.24, 2.45) is 0 Å². The van der Waals surface area contributed by atoms with E-state index in [9.17, 15) is 14.9 Å². The Hall–Kier alpha value is -2.15. The average molecular weight is 281 g/mol. The molecule has 20 heavy (non-hydrogen) atoms. The van der Waals surface area contributed by atoms with Gasteiger partial charge in [-0.1, -0.05) is 0 Å². The first kappa shape index (κ1) is 15.9. The van der Waals surface area contributed by atoms with Crippen molar-refractivity contribution in [3.63, 3.8) is 0 Å². The highest BCUT2D eigenvalue weighted by molar-refractivity contribution is 5.95. The van der Waals surface area contributed by atoms with Crippen LogP contribution in [0, 0.1) is 10.1 Å². The van der Waals surface area contributed by atoms with Crippen molar-refractivity contribution in [3.8, 4) is 0 Å². The van der Waals surface area contributed by atoms with Gasteiger partial charge in [-0.05, 0) is 19.1 Å². The number of nitrogens with one attached hydrogen (secondary N) is 1. The first-order chi connectivity index (χ1) is 9.36. The lowest BCUT2D eigenvalue weighted by Gasteiger charge is -2.14. The topological polar surface area (TPSA) is 84.7 Å². The number of amides is 1. The zero-order valence-corrected chi connectivity index (χ0v) is 12.0. The van der Waals surface area contributed by atoms with Gasteiger partial charge in [0.2, 0.25) is 0 Å². The zero-order valence-electron chi connectivity index (χ0n) is 12.0. The third kappa shape index (κ3) is 3.92. The molecule has 7 heteroatoms. The summed E-state index contributed by atoms with van der Waals surface area (Å²) in [4.78, 5) is 23.8. The minimum Gasteiger partial charge on any atom is -0.380 e. The molecule has 1 aromatic carbocycles. The molecule has 1 unspecified atom stereocenters. The summed E-state index contributed by atoms with van der Waals surface area (Å²) >= 11 is 0. The standard InChI is InChI=1S/C13H19N3O4/c1-9(20-4)8-14-11-7-10(13(17)15(2)3)5-6-12(11)16(18)19/h5-7,9,14H,8H2,1-4H3. The number of carbonyl (C=O) groups is 1. The number of nitro benzene ring substituents is 1. The highest BCUT2D eigenvalue weighted by atomic mass is 16.6. The van der Waals surface area contributed by atoms with Gasteiger partial charge >= 0.3 is 0 Å². The van der Waals surface area contributed by atoms with E-state index in [1.54, 1.807) is 21.2 Å². The number of anilines is 1. The first-order valence-electron chi connectivity index (χ1n) is 6.13. The smallest absolute Gasteiger partial charge is 0.292 e. The molecule has 1 aromatic rings. The second kappa shape index (κ2) is 6.85. The van der Waals surface area contributed by atoms with Crippen molar-refractivity contribution in [2.45, 2.75) is 13.0 Å². The summed E-state index contributed by atoms with van der Waals surface area (Å²) in [6, 6.07) is 4.27. The molecule has 0 fully saturated rings. The van der Waals surface area contributed by atoms with Crippen LogP contribution in [0.2, 0.25) is 0 Å². The maximum atomic E-state index is 11.9. The number of rotatable bonds is 6. The molecule has 1 rings (SSSR count). The van der Waals surface area contributed by atoms with Crippen LogP contribution >= 0.6 is 0 Å². The predicted octanol–water partition coefficient (Wildman–Crippen LogP) is 1.74. The molecule has 0 aromatic heterocycles. The van der Waals surface area contributed by atoms with Crippen molar-refractivity contribution in [3.05, 3.63) is 33.9 Å². The van der Waals surface area contributed by atoms with Gasteiger partial charge in [0.05, 0.1) is 11.0 Å². The Kier molecular flexibility index (Phi) is 5.45.